The van der Waals surface area contributed by atoms with E-state index in [4.69, 9.17) is 0 Å². The molecule has 6 nitrogen and oxygen atoms in total. The van der Waals surface area contributed by atoms with Crippen LogP contribution in [0.25, 0.3) is 10.2 Å². The Balaban J connectivity index is 1.86. The lowest BCUT2D eigenvalue weighted by Crippen LogP contribution is -2.22. The van der Waals surface area contributed by atoms with Crippen LogP contribution >= 0.6 is 11.3 Å². The predicted octanol–water partition coefficient (Wildman–Crippen LogP) is 3.36. The normalized spacial score (nSPS) is 11.8. The van der Waals surface area contributed by atoms with Crippen LogP contribution in [0, 0.1) is 0 Å². The van der Waals surface area contributed by atoms with Gasteiger partial charge in [-0.15, -0.1) is 0 Å². The van der Waals surface area contributed by atoms with Gasteiger partial charge in [-0.1, -0.05) is 30.4 Å². The number of anilines is 1. The summed E-state index contributed by atoms with van der Waals surface area (Å²) in [6.45, 7) is 2.08. The number of benzene rings is 2. The molecule has 1 heterocycles. The van der Waals surface area contributed by atoms with Crippen LogP contribution in [0.3, 0.4) is 0 Å². The average molecular weight is 390 g/mol. The molecule has 136 valence electrons. The molecular weight excluding hydrogens is 370 g/mol. The summed E-state index contributed by atoms with van der Waals surface area (Å²) in [4.78, 5) is 17.0. The monoisotopic (exact) mass is 389 g/mol. The van der Waals surface area contributed by atoms with Gasteiger partial charge in [-0.2, -0.15) is 0 Å². The average Bonchev–Trinajstić information content (AvgIpc) is 3.02. The molecule has 0 atom stereocenters. The molecule has 3 aromatic rings. The Kier molecular flexibility index (Phi) is 5.08. The predicted molar refractivity (Wildman–Crippen MR) is 104 cm³/mol. The lowest BCUT2D eigenvalue weighted by Gasteiger charge is -2.12. The number of hydrogen-bond donors (Lipinski definition) is 1. The molecule has 0 saturated heterocycles. The number of nitrogens with zero attached hydrogens (tertiary/aromatic N) is 2. The number of hydrogen-bond acceptors (Lipinski definition) is 5. The van der Waals surface area contributed by atoms with E-state index in [9.17, 15) is 13.2 Å². The zero-order valence-electron chi connectivity index (χ0n) is 14.7. The second-order valence-electron chi connectivity index (χ2n) is 5.94. The van der Waals surface area contributed by atoms with Crippen LogP contribution in [-0.4, -0.2) is 37.7 Å². The molecule has 0 aliphatic heterocycles. The minimum atomic E-state index is -3.59. The second kappa shape index (κ2) is 7.14. The summed E-state index contributed by atoms with van der Waals surface area (Å²) < 4.78 is 26.6. The van der Waals surface area contributed by atoms with Crippen LogP contribution in [0.5, 0.6) is 0 Å². The quantitative estimate of drug-likeness (QED) is 0.726. The van der Waals surface area contributed by atoms with Crippen LogP contribution in [0.2, 0.25) is 0 Å². The van der Waals surface area contributed by atoms with Crippen molar-refractivity contribution in [3.63, 3.8) is 0 Å². The molecule has 1 amide bonds. The Morgan fingerprint density at radius 2 is 1.96 bits per heavy atom. The molecular formula is C18H19N3O3S2. The summed E-state index contributed by atoms with van der Waals surface area (Å²) in [6.07, 6.45) is 0.933. The van der Waals surface area contributed by atoms with E-state index < -0.39 is 15.9 Å². The summed E-state index contributed by atoms with van der Waals surface area (Å²) in [5, 5.41) is 3.24. The maximum atomic E-state index is 12.5. The summed E-state index contributed by atoms with van der Waals surface area (Å²) in [6, 6.07) is 12.0. The van der Waals surface area contributed by atoms with Crippen molar-refractivity contribution in [2.45, 2.75) is 18.2 Å². The first kappa shape index (κ1) is 18.5. The number of aromatic nitrogens is 1. The van der Waals surface area contributed by atoms with Crippen LogP contribution in [0.4, 0.5) is 5.13 Å². The molecule has 0 saturated carbocycles. The highest BCUT2D eigenvalue weighted by Crippen LogP contribution is 2.27. The minimum Gasteiger partial charge on any atom is -0.298 e. The number of rotatable bonds is 5. The number of sulfonamides is 1. The number of carbonyl (C=O) groups excluding carboxylic acids is 1. The molecule has 26 heavy (non-hydrogen) atoms. The van der Waals surface area contributed by atoms with Crippen molar-refractivity contribution in [1.82, 2.24) is 9.29 Å². The largest absolute Gasteiger partial charge is 0.298 e. The van der Waals surface area contributed by atoms with Crippen LogP contribution in [0.15, 0.2) is 47.4 Å². The number of carbonyl (C=O) groups is 1. The van der Waals surface area contributed by atoms with Gasteiger partial charge >= 0.3 is 0 Å². The summed E-state index contributed by atoms with van der Waals surface area (Å²) in [5.74, 6) is -0.393. The SMILES string of the molecule is CCc1ccc2nc(NC(=O)c3cccc(S(=O)(=O)N(C)C)c3)sc2c1. The van der Waals surface area contributed by atoms with Gasteiger partial charge in [0.05, 0.1) is 15.1 Å². The summed E-state index contributed by atoms with van der Waals surface area (Å²) in [5.41, 5.74) is 2.30. The van der Waals surface area contributed by atoms with Gasteiger partial charge in [0, 0.05) is 19.7 Å². The number of nitrogens with one attached hydrogen (secondary N) is 1. The Morgan fingerprint density at radius 3 is 2.65 bits per heavy atom. The molecule has 0 aliphatic carbocycles. The highest BCUT2D eigenvalue weighted by atomic mass is 32.2. The number of amides is 1. The van der Waals surface area contributed by atoms with Gasteiger partial charge in [0.2, 0.25) is 10.0 Å². The van der Waals surface area contributed by atoms with Gasteiger partial charge in [-0.25, -0.2) is 17.7 Å². The van der Waals surface area contributed by atoms with Crippen molar-refractivity contribution in [3.05, 3.63) is 53.6 Å². The van der Waals surface area contributed by atoms with Gasteiger partial charge in [0.1, 0.15) is 0 Å². The van der Waals surface area contributed by atoms with E-state index in [0.29, 0.717) is 5.13 Å². The molecule has 0 unspecified atom stereocenters. The molecule has 3 rings (SSSR count). The van der Waals surface area contributed by atoms with Crippen molar-refractivity contribution in [3.8, 4) is 0 Å². The van der Waals surface area contributed by atoms with E-state index in [-0.39, 0.29) is 10.5 Å². The van der Waals surface area contributed by atoms with E-state index in [1.807, 2.05) is 12.1 Å². The molecule has 0 fully saturated rings. The molecule has 0 radical (unpaired) electrons. The van der Waals surface area contributed by atoms with E-state index >= 15 is 0 Å². The number of fused-ring (bicyclic) bond motifs is 1. The van der Waals surface area contributed by atoms with E-state index in [1.165, 1.54) is 43.1 Å². The third kappa shape index (κ3) is 3.62. The van der Waals surface area contributed by atoms with Gasteiger partial charge in [0.15, 0.2) is 5.13 Å². The Bertz CT molecular complexity index is 1070. The molecule has 8 heteroatoms. The standard InChI is InChI=1S/C18H19N3O3S2/c1-4-12-8-9-15-16(10-12)25-18(19-15)20-17(22)13-6-5-7-14(11-13)26(23,24)21(2)3/h5-11H,4H2,1-3H3,(H,19,20,22). The number of thiazole rings is 1. The minimum absolute atomic E-state index is 0.0760. The van der Waals surface area contributed by atoms with Gasteiger partial charge in [-0.05, 0) is 42.3 Å². The van der Waals surface area contributed by atoms with E-state index in [2.05, 4.69) is 23.3 Å². The first-order valence-corrected chi connectivity index (χ1v) is 10.3. The fourth-order valence-corrected chi connectivity index (χ4v) is 4.29. The van der Waals surface area contributed by atoms with Crippen molar-refractivity contribution < 1.29 is 13.2 Å². The molecule has 0 spiro atoms. The third-order valence-corrected chi connectivity index (χ3v) is 6.70. The lowest BCUT2D eigenvalue weighted by atomic mass is 10.2. The zero-order chi connectivity index (χ0) is 18.9. The molecule has 0 aliphatic rings. The first-order valence-electron chi connectivity index (χ1n) is 8.04. The Labute approximate surface area is 156 Å². The molecule has 1 aromatic heterocycles. The van der Waals surface area contributed by atoms with Gasteiger partial charge < -0.3 is 0 Å². The Hall–Kier alpha value is -2.29. The van der Waals surface area contributed by atoms with Gasteiger partial charge in [-0.3, -0.25) is 10.1 Å². The topological polar surface area (TPSA) is 79.4 Å². The van der Waals surface area contributed by atoms with Crippen LogP contribution in [-0.2, 0) is 16.4 Å². The van der Waals surface area contributed by atoms with Crippen molar-refractivity contribution in [2.24, 2.45) is 0 Å². The lowest BCUT2D eigenvalue weighted by molar-refractivity contribution is 0.102. The smallest absolute Gasteiger partial charge is 0.257 e. The van der Waals surface area contributed by atoms with Crippen LogP contribution < -0.4 is 5.32 Å². The summed E-state index contributed by atoms with van der Waals surface area (Å²) >= 11 is 1.39. The molecule has 0 bridgehead atoms. The molecule has 1 N–H and O–H groups in total. The summed E-state index contributed by atoms with van der Waals surface area (Å²) in [7, 11) is -0.689. The van der Waals surface area contributed by atoms with Crippen LogP contribution in [0.1, 0.15) is 22.8 Å². The van der Waals surface area contributed by atoms with Gasteiger partial charge in [0.25, 0.3) is 5.91 Å². The second-order valence-corrected chi connectivity index (χ2v) is 9.13. The highest BCUT2D eigenvalue weighted by molar-refractivity contribution is 7.89. The first-order chi connectivity index (χ1) is 12.3. The fourth-order valence-electron chi connectivity index (χ4n) is 2.42. The Morgan fingerprint density at radius 1 is 1.19 bits per heavy atom. The fraction of sp³-hybridized carbons (Fsp3) is 0.222. The van der Waals surface area contributed by atoms with E-state index in [0.717, 1.165) is 20.9 Å². The van der Waals surface area contributed by atoms with Crippen molar-refractivity contribution in [2.75, 3.05) is 19.4 Å². The maximum absolute atomic E-state index is 12.5. The highest BCUT2D eigenvalue weighted by Gasteiger charge is 2.19. The molecule has 2 aromatic carbocycles. The number of aryl methyl sites for hydroxylation is 1. The maximum Gasteiger partial charge on any atom is 0.257 e. The zero-order valence-corrected chi connectivity index (χ0v) is 16.3. The van der Waals surface area contributed by atoms with Crippen molar-refractivity contribution in [1.29, 1.82) is 0 Å². The van der Waals surface area contributed by atoms with Crippen molar-refractivity contribution >= 4 is 42.6 Å². The third-order valence-electron chi connectivity index (χ3n) is 3.96. The van der Waals surface area contributed by atoms with E-state index in [1.54, 1.807) is 12.1 Å².